The molecule has 0 atom stereocenters. The zero-order valence-electron chi connectivity index (χ0n) is 18.6. The highest BCUT2D eigenvalue weighted by Gasteiger charge is 2.14. The first-order valence-corrected chi connectivity index (χ1v) is 11.2. The lowest BCUT2D eigenvalue weighted by Gasteiger charge is -2.13. The Morgan fingerprint density at radius 2 is 1.60 bits per heavy atom. The first kappa shape index (κ1) is 23.8. The van der Waals surface area contributed by atoms with E-state index in [0.717, 1.165) is 11.1 Å². The number of carboxylic acid groups (broad SMARTS) is 1. The van der Waals surface area contributed by atoms with E-state index >= 15 is 0 Å². The van der Waals surface area contributed by atoms with Crippen LogP contribution in [0.5, 0.6) is 0 Å². The molecule has 7 nitrogen and oxygen atoms in total. The van der Waals surface area contributed by atoms with E-state index in [9.17, 15) is 14.7 Å². The van der Waals surface area contributed by atoms with Gasteiger partial charge in [-0.15, -0.1) is 0 Å². The van der Waals surface area contributed by atoms with E-state index < -0.39 is 12.1 Å². The molecule has 1 amide bonds. The largest absolute Gasteiger partial charge is 0.478 e. The molecule has 0 bridgehead atoms. The third kappa shape index (κ3) is 6.59. The van der Waals surface area contributed by atoms with Crippen LogP contribution in [0, 0.1) is 0 Å². The highest BCUT2D eigenvalue weighted by molar-refractivity contribution is 6.31. The maximum atomic E-state index is 12.3. The minimum absolute atomic E-state index is 0.0505. The summed E-state index contributed by atoms with van der Waals surface area (Å²) in [6.07, 6.45) is 0.675. The predicted octanol–water partition coefficient (Wildman–Crippen LogP) is 6.46. The molecule has 3 N–H and O–H groups in total. The number of halogens is 1. The van der Waals surface area contributed by atoms with Crippen molar-refractivity contribution >= 4 is 35.0 Å². The number of amides is 1. The van der Waals surface area contributed by atoms with Gasteiger partial charge in [-0.3, -0.25) is 10.3 Å². The number of pyridine rings is 1. The van der Waals surface area contributed by atoms with Crippen LogP contribution in [0.4, 0.5) is 16.2 Å². The van der Waals surface area contributed by atoms with Crippen molar-refractivity contribution in [2.75, 3.05) is 10.6 Å². The third-order valence-corrected chi connectivity index (χ3v) is 5.33. The number of carbonyl (C=O) groups is 2. The molecule has 0 radical (unpaired) electrons. The second-order valence-corrected chi connectivity index (χ2v) is 8.11. The van der Waals surface area contributed by atoms with Gasteiger partial charge in [-0.25, -0.2) is 9.59 Å². The number of carboxylic acids is 1. The van der Waals surface area contributed by atoms with Crippen molar-refractivity contribution in [2.45, 2.75) is 13.2 Å². The Morgan fingerprint density at radius 1 is 0.914 bits per heavy atom. The Morgan fingerprint density at radius 3 is 2.29 bits per heavy atom. The zero-order valence-corrected chi connectivity index (χ0v) is 19.3. The molecule has 0 aliphatic heterocycles. The summed E-state index contributed by atoms with van der Waals surface area (Å²) in [5.41, 5.74) is 3.87. The maximum Gasteiger partial charge on any atom is 0.411 e. The summed E-state index contributed by atoms with van der Waals surface area (Å²) in [6, 6.07) is 25.6. The smallest absolute Gasteiger partial charge is 0.411 e. The van der Waals surface area contributed by atoms with E-state index in [0.29, 0.717) is 34.2 Å². The summed E-state index contributed by atoms with van der Waals surface area (Å²) >= 11 is 6.29. The van der Waals surface area contributed by atoms with Gasteiger partial charge >= 0.3 is 12.1 Å². The topological polar surface area (TPSA) is 101 Å². The van der Waals surface area contributed by atoms with E-state index in [4.69, 9.17) is 16.3 Å². The molecule has 3 aromatic carbocycles. The molecule has 35 heavy (non-hydrogen) atoms. The molecule has 0 saturated carbocycles. The first-order valence-electron chi connectivity index (χ1n) is 10.8. The van der Waals surface area contributed by atoms with Crippen LogP contribution >= 0.6 is 11.6 Å². The molecule has 8 heteroatoms. The monoisotopic (exact) mass is 487 g/mol. The van der Waals surface area contributed by atoms with Crippen molar-refractivity contribution < 1.29 is 19.4 Å². The standard InChI is InChI=1S/C27H22ClN3O4/c28-21-11-20(12-22(13-21)31-27(34)35-17-19-9-5-2-6-10-19)24-14-25(23(16-30-24)26(32)33)29-15-18-7-3-1-4-8-18/h1-14,16H,15,17H2,(H,29,30)(H,31,34)(H,32,33). The number of ether oxygens (including phenoxy) is 1. The lowest BCUT2D eigenvalue weighted by molar-refractivity contribution is 0.0697. The number of anilines is 2. The van der Waals surface area contributed by atoms with Gasteiger partial charge in [-0.1, -0.05) is 72.3 Å². The minimum atomic E-state index is -1.09. The van der Waals surface area contributed by atoms with Gasteiger partial charge in [0.25, 0.3) is 0 Å². The number of nitrogens with zero attached hydrogens (tertiary/aromatic N) is 1. The number of benzene rings is 3. The van der Waals surface area contributed by atoms with Crippen LogP contribution in [-0.2, 0) is 17.9 Å². The number of aromatic carboxylic acids is 1. The van der Waals surface area contributed by atoms with Gasteiger partial charge in [-0.2, -0.15) is 0 Å². The Hall–Kier alpha value is -4.36. The highest BCUT2D eigenvalue weighted by Crippen LogP contribution is 2.29. The van der Waals surface area contributed by atoms with Gasteiger partial charge in [0.2, 0.25) is 0 Å². The van der Waals surface area contributed by atoms with E-state index in [1.54, 1.807) is 24.3 Å². The van der Waals surface area contributed by atoms with Crippen LogP contribution in [0.2, 0.25) is 5.02 Å². The molecule has 0 saturated heterocycles. The first-order chi connectivity index (χ1) is 17.0. The van der Waals surface area contributed by atoms with Crippen molar-refractivity contribution in [2.24, 2.45) is 0 Å². The minimum Gasteiger partial charge on any atom is -0.478 e. The Bertz CT molecular complexity index is 1330. The van der Waals surface area contributed by atoms with Crippen LogP contribution in [0.1, 0.15) is 21.5 Å². The number of hydrogen-bond acceptors (Lipinski definition) is 5. The van der Waals surface area contributed by atoms with E-state index in [-0.39, 0.29) is 12.2 Å². The van der Waals surface area contributed by atoms with E-state index in [1.165, 1.54) is 6.20 Å². The summed E-state index contributed by atoms with van der Waals surface area (Å²) in [4.78, 5) is 28.3. The molecular weight excluding hydrogens is 466 g/mol. The van der Waals surface area contributed by atoms with Crippen LogP contribution in [-0.4, -0.2) is 22.2 Å². The number of hydrogen-bond donors (Lipinski definition) is 3. The van der Waals surface area contributed by atoms with Crippen molar-refractivity contribution in [1.82, 2.24) is 4.98 Å². The highest BCUT2D eigenvalue weighted by atomic mass is 35.5. The van der Waals surface area contributed by atoms with E-state index in [2.05, 4.69) is 15.6 Å². The molecule has 0 unspecified atom stereocenters. The summed E-state index contributed by atoms with van der Waals surface area (Å²) in [5, 5.41) is 15.8. The van der Waals surface area contributed by atoms with Gasteiger partial charge in [0.05, 0.1) is 11.4 Å². The lowest BCUT2D eigenvalue weighted by atomic mass is 10.1. The summed E-state index contributed by atoms with van der Waals surface area (Å²) < 4.78 is 5.27. The number of nitrogens with one attached hydrogen (secondary N) is 2. The molecule has 0 fully saturated rings. The fourth-order valence-corrected chi connectivity index (χ4v) is 3.64. The van der Waals surface area contributed by atoms with Crippen molar-refractivity contribution in [3.05, 3.63) is 113 Å². The molecule has 4 aromatic rings. The van der Waals surface area contributed by atoms with Crippen molar-refractivity contribution in [1.29, 1.82) is 0 Å². The Labute approximate surface area is 207 Å². The SMILES string of the molecule is O=C(Nc1cc(Cl)cc(-c2cc(NCc3ccccc3)c(C(=O)O)cn2)c1)OCc1ccccc1. The van der Waals surface area contributed by atoms with Gasteiger partial charge in [0, 0.05) is 29.0 Å². The van der Waals surface area contributed by atoms with E-state index in [1.807, 2.05) is 60.7 Å². The van der Waals surface area contributed by atoms with Gasteiger partial charge in [-0.05, 0) is 35.4 Å². The van der Waals surface area contributed by atoms with Crippen LogP contribution in [0.15, 0.2) is 91.1 Å². The Kier molecular flexibility index (Phi) is 7.60. The number of rotatable bonds is 8. The second kappa shape index (κ2) is 11.2. The fourth-order valence-electron chi connectivity index (χ4n) is 3.41. The van der Waals surface area contributed by atoms with Crippen molar-refractivity contribution in [3.63, 3.8) is 0 Å². The van der Waals surface area contributed by atoms with Crippen LogP contribution in [0.25, 0.3) is 11.3 Å². The quantitative estimate of drug-likeness (QED) is 0.263. The summed E-state index contributed by atoms with van der Waals surface area (Å²) in [7, 11) is 0. The van der Waals surface area contributed by atoms with Gasteiger partial charge in [0.1, 0.15) is 12.2 Å². The summed E-state index contributed by atoms with van der Waals surface area (Å²) in [5.74, 6) is -1.09. The molecule has 0 aliphatic rings. The number of aromatic nitrogens is 1. The predicted molar refractivity (Wildman–Crippen MR) is 136 cm³/mol. The molecule has 176 valence electrons. The third-order valence-electron chi connectivity index (χ3n) is 5.11. The maximum absolute atomic E-state index is 12.3. The average Bonchev–Trinajstić information content (AvgIpc) is 2.87. The Balaban J connectivity index is 1.52. The fraction of sp³-hybridized carbons (Fsp3) is 0.0741. The molecule has 4 rings (SSSR count). The van der Waals surface area contributed by atoms with Gasteiger partial charge < -0.3 is 15.2 Å². The molecule has 0 spiro atoms. The molecule has 1 heterocycles. The molecule has 0 aliphatic carbocycles. The van der Waals surface area contributed by atoms with Gasteiger partial charge in [0.15, 0.2) is 0 Å². The molecule has 1 aromatic heterocycles. The molecular formula is C27H22ClN3O4. The van der Waals surface area contributed by atoms with Crippen LogP contribution in [0.3, 0.4) is 0 Å². The zero-order chi connectivity index (χ0) is 24.6. The lowest BCUT2D eigenvalue weighted by Crippen LogP contribution is -2.13. The summed E-state index contributed by atoms with van der Waals surface area (Å²) in [6.45, 7) is 0.578. The van der Waals surface area contributed by atoms with Crippen LogP contribution < -0.4 is 10.6 Å². The number of carbonyl (C=O) groups excluding carboxylic acids is 1. The van der Waals surface area contributed by atoms with Crippen molar-refractivity contribution in [3.8, 4) is 11.3 Å². The second-order valence-electron chi connectivity index (χ2n) is 7.67. The average molecular weight is 488 g/mol. The normalized spacial score (nSPS) is 10.4.